The summed E-state index contributed by atoms with van der Waals surface area (Å²) in [4.78, 5) is 40.9. The van der Waals surface area contributed by atoms with Crippen molar-refractivity contribution in [1.82, 2.24) is 29.7 Å². The molecule has 0 radical (unpaired) electrons. The van der Waals surface area contributed by atoms with Crippen molar-refractivity contribution in [2.24, 2.45) is 0 Å². The number of hydrogen-bond donors (Lipinski definition) is 1. The Hall–Kier alpha value is -4.07. The quantitative estimate of drug-likeness (QED) is 0.527. The number of aromatic nitrogens is 4. The van der Waals surface area contributed by atoms with Crippen molar-refractivity contribution in [2.45, 2.75) is 19.0 Å². The van der Waals surface area contributed by atoms with Gasteiger partial charge in [-0.15, -0.1) is 0 Å². The molecule has 0 bridgehead atoms. The Morgan fingerprint density at radius 1 is 1.06 bits per heavy atom. The predicted octanol–water partition coefficient (Wildman–Crippen LogP) is 2.06. The van der Waals surface area contributed by atoms with E-state index in [-0.39, 0.29) is 11.8 Å². The summed E-state index contributed by atoms with van der Waals surface area (Å²) in [7, 11) is 0. The number of benzene rings is 1. The lowest BCUT2D eigenvalue weighted by atomic mass is 10.0. The first kappa shape index (κ1) is 19.9. The van der Waals surface area contributed by atoms with Crippen molar-refractivity contribution in [1.29, 1.82) is 0 Å². The predicted molar refractivity (Wildman–Crippen MR) is 119 cm³/mol. The number of carbonyl (C=O) groups excluding carboxylic acids is 2. The largest absolute Gasteiger partial charge is 0.353 e. The molecule has 3 aromatic heterocycles. The number of nitrogens with zero attached hydrogens (tertiary/aromatic N) is 5. The third kappa shape index (κ3) is 3.94. The summed E-state index contributed by atoms with van der Waals surface area (Å²) in [6.45, 7) is 1.43. The molecule has 160 valence electrons. The van der Waals surface area contributed by atoms with Gasteiger partial charge < -0.3 is 14.8 Å². The smallest absolute Gasteiger partial charge is 0.256 e. The van der Waals surface area contributed by atoms with Gasteiger partial charge in [-0.05, 0) is 23.8 Å². The van der Waals surface area contributed by atoms with Crippen LogP contribution < -0.4 is 5.32 Å². The van der Waals surface area contributed by atoms with Crippen LogP contribution in [0.25, 0.3) is 11.2 Å². The summed E-state index contributed by atoms with van der Waals surface area (Å²) in [5.41, 5.74) is 3.65. The number of pyridine rings is 2. The molecule has 8 heteroatoms. The van der Waals surface area contributed by atoms with Crippen LogP contribution in [0.2, 0.25) is 0 Å². The monoisotopic (exact) mass is 426 g/mol. The van der Waals surface area contributed by atoms with E-state index in [1.807, 2.05) is 53.1 Å². The highest BCUT2D eigenvalue weighted by atomic mass is 16.2. The molecule has 0 spiro atoms. The molecule has 1 fully saturated rings. The van der Waals surface area contributed by atoms with E-state index in [0.717, 1.165) is 11.3 Å². The maximum atomic E-state index is 13.3. The molecule has 0 saturated carbocycles. The van der Waals surface area contributed by atoms with Crippen LogP contribution >= 0.6 is 0 Å². The Morgan fingerprint density at radius 2 is 1.91 bits per heavy atom. The van der Waals surface area contributed by atoms with E-state index in [1.165, 1.54) is 0 Å². The van der Waals surface area contributed by atoms with Gasteiger partial charge in [-0.3, -0.25) is 14.6 Å². The number of imidazole rings is 1. The van der Waals surface area contributed by atoms with E-state index in [2.05, 4.69) is 20.3 Å². The average molecular weight is 426 g/mol. The first-order valence-electron chi connectivity index (χ1n) is 10.5. The number of amides is 2. The van der Waals surface area contributed by atoms with Crippen LogP contribution in [-0.4, -0.2) is 55.4 Å². The highest BCUT2D eigenvalue weighted by molar-refractivity contribution is 5.99. The van der Waals surface area contributed by atoms with E-state index < -0.39 is 6.04 Å². The summed E-state index contributed by atoms with van der Waals surface area (Å²) >= 11 is 0. The minimum atomic E-state index is -0.559. The van der Waals surface area contributed by atoms with Crippen molar-refractivity contribution in [2.75, 3.05) is 13.1 Å². The second kappa shape index (κ2) is 8.58. The third-order valence-electron chi connectivity index (χ3n) is 5.62. The van der Waals surface area contributed by atoms with Crippen LogP contribution in [0.5, 0.6) is 0 Å². The minimum Gasteiger partial charge on any atom is -0.353 e. The first-order chi connectivity index (χ1) is 15.7. The van der Waals surface area contributed by atoms with Gasteiger partial charge in [-0.2, -0.15) is 0 Å². The Bertz CT molecular complexity index is 1260. The fourth-order valence-electron chi connectivity index (χ4n) is 4.01. The Balaban J connectivity index is 1.40. The molecule has 4 heterocycles. The molecule has 2 amide bonds. The van der Waals surface area contributed by atoms with Crippen LogP contribution in [0, 0.1) is 0 Å². The summed E-state index contributed by atoms with van der Waals surface area (Å²) in [5, 5.41) is 2.87. The van der Waals surface area contributed by atoms with Crippen LogP contribution in [0.1, 0.15) is 21.6 Å². The third-order valence-corrected chi connectivity index (χ3v) is 5.62. The summed E-state index contributed by atoms with van der Waals surface area (Å²) in [6.07, 6.45) is 5.48. The van der Waals surface area contributed by atoms with Crippen LogP contribution in [0.15, 0.2) is 73.3 Å². The van der Waals surface area contributed by atoms with Gasteiger partial charge >= 0.3 is 0 Å². The number of fused-ring (bicyclic) bond motifs is 1. The Kier molecular flexibility index (Phi) is 5.33. The lowest BCUT2D eigenvalue weighted by Crippen LogP contribution is -2.58. The Labute approximate surface area is 184 Å². The molecule has 1 aromatic carbocycles. The van der Waals surface area contributed by atoms with Gasteiger partial charge in [-0.25, -0.2) is 9.97 Å². The molecule has 0 aliphatic carbocycles. The summed E-state index contributed by atoms with van der Waals surface area (Å²) in [5.74, 6) is -0.350. The van der Waals surface area contributed by atoms with Gasteiger partial charge in [0.05, 0.1) is 24.1 Å². The molecular formula is C24H22N6O2. The number of nitrogens with one attached hydrogen (secondary N) is 1. The fraction of sp³-hybridized carbons (Fsp3) is 0.208. The molecule has 1 N–H and O–H groups in total. The van der Waals surface area contributed by atoms with Gasteiger partial charge in [-0.1, -0.05) is 36.4 Å². The number of piperazine rings is 1. The van der Waals surface area contributed by atoms with Crippen molar-refractivity contribution in [3.05, 3.63) is 90.1 Å². The minimum absolute atomic E-state index is 0.137. The molecule has 1 aliphatic rings. The number of hydrogen-bond acceptors (Lipinski definition) is 5. The zero-order valence-corrected chi connectivity index (χ0v) is 17.4. The second-order valence-corrected chi connectivity index (χ2v) is 7.76. The van der Waals surface area contributed by atoms with E-state index in [4.69, 9.17) is 0 Å². The van der Waals surface area contributed by atoms with Crippen LogP contribution in [-0.2, 0) is 17.8 Å². The topological polar surface area (TPSA) is 93.0 Å². The zero-order valence-electron chi connectivity index (χ0n) is 17.4. The van der Waals surface area contributed by atoms with Gasteiger partial charge in [0.15, 0.2) is 5.65 Å². The van der Waals surface area contributed by atoms with Crippen molar-refractivity contribution in [3.8, 4) is 0 Å². The number of carbonyl (C=O) groups is 2. The van der Waals surface area contributed by atoms with Crippen LogP contribution in [0.3, 0.4) is 0 Å². The van der Waals surface area contributed by atoms with E-state index >= 15 is 0 Å². The maximum absolute atomic E-state index is 13.3. The summed E-state index contributed by atoms with van der Waals surface area (Å²) in [6, 6.07) is 16.7. The molecular weight excluding hydrogens is 404 g/mol. The highest BCUT2D eigenvalue weighted by Gasteiger charge is 2.33. The lowest BCUT2D eigenvalue weighted by Gasteiger charge is -2.35. The van der Waals surface area contributed by atoms with Gasteiger partial charge in [0.2, 0.25) is 5.91 Å². The molecule has 8 nitrogen and oxygen atoms in total. The van der Waals surface area contributed by atoms with E-state index in [1.54, 1.807) is 29.7 Å². The molecule has 1 aliphatic heterocycles. The van der Waals surface area contributed by atoms with Gasteiger partial charge in [0, 0.05) is 31.9 Å². The second-order valence-electron chi connectivity index (χ2n) is 7.76. The molecule has 5 rings (SSSR count). The highest BCUT2D eigenvalue weighted by Crippen LogP contribution is 2.18. The van der Waals surface area contributed by atoms with E-state index in [9.17, 15) is 9.59 Å². The lowest BCUT2D eigenvalue weighted by molar-refractivity contribution is -0.127. The maximum Gasteiger partial charge on any atom is 0.256 e. The summed E-state index contributed by atoms with van der Waals surface area (Å²) < 4.78 is 1.90. The van der Waals surface area contributed by atoms with Crippen molar-refractivity contribution < 1.29 is 9.59 Å². The van der Waals surface area contributed by atoms with Crippen molar-refractivity contribution >= 4 is 23.0 Å². The van der Waals surface area contributed by atoms with E-state index in [0.29, 0.717) is 42.8 Å². The Morgan fingerprint density at radius 3 is 2.72 bits per heavy atom. The fourth-order valence-corrected chi connectivity index (χ4v) is 4.01. The van der Waals surface area contributed by atoms with Crippen LogP contribution in [0.4, 0.5) is 0 Å². The average Bonchev–Trinajstić information content (AvgIpc) is 3.23. The van der Waals surface area contributed by atoms with Gasteiger partial charge in [0.25, 0.3) is 5.91 Å². The first-order valence-corrected chi connectivity index (χ1v) is 10.5. The van der Waals surface area contributed by atoms with Gasteiger partial charge in [0.1, 0.15) is 11.6 Å². The normalized spacial score (nSPS) is 16.2. The number of rotatable bonds is 5. The van der Waals surface area contributed by atoms with Crippen molar-refractivity contribution in [3.63, 3.8) is 0 Å². The molecule has 1 atom stereocenters. The molecule has 1 saturated heterocycles. The molecule has 0 unspecified atom stereocenters. The standard InChI is InChI=1S/C24H22N6O2/c31-23-21(12-17-6-2-1-3-7-17)30(11-10-26-23)24(32)18-13-20-22(27-14-18)29(16-28-20)15-19-8-4-5-9-25-19/h1-9,13-14,16,21H,10-12,15H2,(H,26,31)/t21-/m0/s1. The molecule has 32 heavy (non-hydrogen) atoms. The molecule has 4 aromatic rings. The SMILES string of the molecule is O=C1NCCN(C(=O)c2cnc3c(c2)ncn3Cc2ccccn2)[C@H]1Cc1ccccc1. The zero-order chi connectivity index (χ0) is 21.9.